The zero-order valence-electron chi connectivity index (χ0n) is 10.4. The molecule has 1 aromatic carbocycles. The van der Waals surface area contributed by atoms with E-state index in [-0.39, 0.29) is 10.8 Å². The number of nitrogens with zero attached hydrogens (tertiary/aromatic N) is 1. The summed E-state index contributed by atoms with van der Waals surface area (Å²) in [5, 5.41) is 0. The van der Waals surface area contributed by atoms with Crippen LogP contribution in [0.1, 0.15) is 31.7 Å². The van der Waals surface area contributed by atoms with Gasteiger partial charge in [0.1, 0.15) is 10.8 Å². The molecule has 17 heavy (non-hydrogen) atoms. The highest BCUT2D eigenvalue weighted by atomic mass is 32.1. The fourth-order valence-electron chi connectivity index (χ4n) is 1.69. The molecule has 0 saturated carbocycles. The highest BCUT2D eigenvalue weighted by Gasteiger charge is 2.08. The van der Waals surface area contributed by atoms with Crippen LogP contribution in [-0.2, 0) is 0 Å². The van der Waals surface area contributed by atoms with Gasteiger partial charge < -0.3 is 10.6 Å². The Hall–Kier alpha value is -1.16. The van der Waals surface area contributed by atoms with Crippen LogP contribution in [-0.4, -0.2) is 18.6 Å². The van der Waals surface area contributed by atoms with Gasteiger partial charge >= 0.3 is 0 Å². The molecule has 0 spiro atoms. The molecule has 0 bridgehead atoms. The average molecular weight is 254 g/mol. The van der Waals surface area contributed by atoms with Crippen LogP contribution in [0.25, 0.3) is 0 Å². The second kappa shape index (κ2) is 6.55. The second-order valence-corrected chi connectivity index (χ2v) is 4.60. The van der Waals surface area contributed by atoms with E-state index in [2.05, 4.69) is 6.92 Å². The molecule has 0 radical (unpaired) electrons. The van der Waals surface area contributed by atoms with Crippen LogP contribution in [0.5, 0.6) is 0 Å². The Morgan fingerprint density at radius 3 is 2.65 bits per heavy atom. The Kier molecular flexibility index (Phi) is 5.35. The lowest BCUT2D eigenvalue weighted by Crippen LogP contribution is -2.20. The molecule has 1 rings (SSSR count). The minimum Gasteiger partial charge on any atom is -0.389 e. The molecule has 0 aliphatic carbocycles. The number of nitrogens with two attached hydrogens (primary N) is 1. The van der Waals surface area contributed by atoms with E-state index in [0.717, 1.165) is 25.8 Å². The number of anilines is 1. The van der Waals surface area contributed by atoms with Crippen molar-refractivity contribution in [2.75, 3.05) is 18.5 Å². The summed E-state index contributed by atoms with van der Waals surface area (Å²) in [6.07, 6.45) is 3.40. The molecule has 0 aliphatic heterocycles. The molecule has 0 fully saturated rings. The molecule has 0 amide bonds. The first-order valence-electron chi connectivity index (χ1n) is 5.86. The lowest BCUT2D eigenvalue weighted by molar-refractivity contribution is 0.617. The molecule has 2 N–H and O–H groups in total. The Labute approximate surface area is 108 Å². The maximum Gasteiger partial charge on any atom is 0.147 e. The lowest BCUT2D eigenvalue weighted by Gasteiger charge is -2.20. The molecule has 0 unspecified atom stereocenters. The molecular weight excluding hydrogens is 235 g/mol. The van der Waals surface area contributed by atoms with Gasteiger partial charge in [0.2, 0.25) is 0 Å². The van der Waals surface area contributed by atoms with Gasteiger partial charge in [0.15, 0.2) is 0 Å². The lowest BCUT2D eigenvalue weighted by atomic mass is 10.1. The normalized spacial score (nSPS) is 10.3. The van der Waals surface area contributed by atoms with Crippen molar-refractivity contribution < 1.29 is 4.39 Å². The van der Waals surface area contributed by atoms with Crippen LogP contribution in [0.3, 0.4) is 0 Å². The molecule has 4 heteroatoms. The Morgan fingerprint density at radius 1 is 1.41 bits per heavy atom. The van der Waals surface area contributed by atoms with Crippen LogP contribution < -0.4 is 10.6 Å². The van der Waals surface area contributed by atoms with E-state index in [0.29, 0.717) is 11.3 Å². The number of hydrogen-bond acceptors (Lipinski definition) is 2. The van der Waals surface area contributed by atoms with Crippen molar-refractivity contribution >= 4 is 22.9 Å². The maximum absolute atomic E-state index is 13.8. The predicted octanol–water partition coefficient (Wildman–Crippen LogP) is 3.09. The third-order valence-electron chi connectivity index (χ3n) is 2.74. The smallest absolute Gasteiger partial charge is 0.147 e. The third-order valence-corrected chi connectivity index (χ3v) is 2.98. The van der Waals surface area contributed by atoms with Crippen LogP contribution >= 0.6 is 12.2 Å². The first-order chi connectivity index (χ1) is 8.06. The molecule has 0 heterocycles. The van der Waals surface area contributed by atoms with Crippen LogP contribution in [0.2, 0.25) is 0 Å². The molecule has 1 aromatic rings. The van der Waals surface area contributed by atoms with E-state index >= 15 is 0 Å². The first-order valence-corrected chi connectivity index (χ1v) is 6.27. The van der Waals surface area contributed by atoms with E-state index in [1.54, 1.807) is 12.1 Å². The molecule has 0 atom stereocenters. The highest BCUT2D eigenvalue weighted by molar-refractivity contribution is 7.80. The fraction of sp³-hybridized carbons (Fsp3) is 0.462. The number of hydrogen-bond donors (Lipinski definition) is 1. The van der Waals surface area contributed by atoms with E-state index in [4.69, 9.17) is 18.0 Å². The van der Waals surface area contributed by atoms with Crippen molar-refractivity contribution in [1.82, 2.24) is 0 Å². The van der Waals surface area contributed by atoms with Crippen LogP contribution in [0.4, 0.5) is 10.1 Å². The summed E-state index contributed by atoms with van der Waals surface area (Å²) in [6, 6.07) is 4.89. The van der Waals surface area contributed by atoms with Gasteiger partial charge in [-0.25, -0.2) is 4.39 Å². The van der Waals surface area contributed by atoms with Crippen molar-refractivity contribution in [3.8, 4) is 0 Å². The van der Waals surface area contributed by atoms with E-state index in [1.807, 2.05) is 11.9 Å². The average Bonchev–Trinajstić information content (AvgIpc) is 2.28. The zero-order chi connectivity index (χ0) is 12.8. The van der Waals surface area contributed by atoms with Gasteiger partial charge in [-0.15, -0.1) is 0 Å². The molecular formula is C13H19FN2S. The third kappa shape index (κ3) is 3.97. The number of benzene rings is 1. The summed E-state index contributed by atoms with van der Waals surface area (Å²) in [7, 11) is 1.90. The van der Waals surface area contributed by atoms with Gasteiger partial charge in [0.05, 0.1) is 5.69 Å². The summed E-state index contributed by atoms with van der Waals surface area (Å²) in [4.78, 5) is 2.15. The van der Waals surface area contributed by atoms with Gasteiger partial charge in [-0.1, -0.05) is 32.0 Å². The summed E-state index contributed by atoms with van der Waals surface area (Å²) in [5.41, 5.74) is 6.63. The van der Waals surface area contributed by atoms with E-state index in [9.17, 15) is 4.39 Å². The highest BCUT2D eigenvalue weighted by Crippen LogP contribution is 2.20. The van der Waals surface area contributed by atoms with Crippen molar-refractivity contribution in [2.24, 2.45) is 5.73 Å². The molecule has 0 aliphatic rings. The molecule has 2 nitrogen and oxygen atoms in total. The van der Waals surface area contributed by atoms with E-state index in [1.165, 1.54) is 6.07 Å². The molecule has 0 saturated heterocycles. The topological polar surface area (TPSA) is 29.3 Å². The quantitative estimate of drug-likeness (QED) is 0.625. The minimum atomic E-state index is -0.269. The van der Waals surface area contributed by atoms with Crippen molar-refractivity contribution in [2.45, 2.75) is 26.2 Å². The van der Waals surface area contributed by atoms with E-state index < -0.39 is 0 Å². The van der Waals surface area contributed by atoms with Gasteiger partial charge in [-0.3, -0.25) is 0 Å². The van der Waals surface area contributed by atoms with Crippen molar-refractivity contribution in [3.05, 3.63) is 29.6 Å². The van der Waals surface area contributed by atoms with Gasteiger partial charge in [-0.05, 0) is 24.6 Å². The van der Waals surface area contributed by atoms with Gasteiger partial charge in [0, 0.05) is 19.2 Å². The molecule has 94 valence electrons. The summed E-state index contributed by atoms with van der Waals surface area (Å²) in [5.74, 6) is -0.269. The number of thiocarbonyl (C=S) groups is 1. The molecule has 0 aromatic heterocycles. The Bertz CT molecular complexity index is 393. The van der Waals surface area contributed by atoms with Crippen molar-refractivity contribution in [3.63, 3.8) is 0 Å². The minimum absolute atomic E-state index is 0.226. The number of halogens is 1. The fourth-order valence-corrected chi connectivity index (χ4v) is 1.82. The predicted molar refractivity (Wildman–Crippen MR) is 75.1 cm³/mol. The summed E-state index contributed by atoms with van der Waals surface area (Å²) >= 11 is 4.81. The summed E-state index contributed by atoms with van der Waals surface area (Å²) < 4.78 is 13.8. The monoisotopic (exact) mass is 254 g/mol. The zero-order valence-corrected chi connectivity index (χ0v) is 11.2. The standard InChI is InChI=1S/C13H19FN2S/c1-3-4-5-8-16(2)12-7-6-10(13(15)17)9-11(12)14/h6-7,9H,3-5,8H2,1-2H3,(H2,15,17). The van der Waals surface area contributed by atoms with Crippen molar-refractivity contribution in [1.29, 1.82) is 0 Å². The maximum atomic E-state index is 13.8. The first kappa shape index (κ1) is 13.9. The number of rotatable bonds is 6. The second-order valence-electron chi connectivity index (χ2n) is 4.16. The van der Waals surface area contributed by atoms with Crippen LogP contribution in [0.15, 0.2) is 18.2 Å². The Morgan fingerprint density at radius 2 is 2.12 bits per heavy atom. The Balaban J connectivity index is 2.74. The van der Waals surface area contributed by atoms with Crippen LogP contribution in [0, 0.1) is 5.82 Å². The summed E-state index contributed by atoms with van der Waals surface area (Å²) in [6.45, 7) is 3.01. The van der Waals surface area contributed by atoms with Gasteiger partial charge in [0.25, 0.3) is 0 Å². The van der Waals surface area contributed by atoms with Gasteiger partial charge in [-0.2, -0.15) is 0 Å². The largest absolute Gasteiger partial charge is 0.389 e. The SMILES string of the molecule is CCCCCN(C)c1ccc(C(N)=S)cc1F. The number of unbranched alkanes of at least 4 members (excludes halogenated alkanes) is 2.